The predicted octanol–water partition coefficient (Wildman–Crippen LogP) is 5.99. The van der Waals surface area contributed by atoms with Crippen LogP contribution in [0.25, 0.3) is 0 Å². The van der Waals surface area contributed by atoms with Gasteiger partial charge >= 0.3 is 18.4 Å². The minimum absolute atomic E-state index is 0. The van der Waals surface area contributed by atoms with Crippen molar-refractivity contribution in [3.63, 3.8) is 0 Å². The fourth-order valence-electron chi connectivity index (χ4n) is 4.61. The van der Waals surface area contributed by atoms with Crippen LogP contribution in [-0.2, 0) is 17.1 Å². The fourth-order valence-corrected chi connectivity index (χ4v) is 4.61. The Hall–Kier alpha value is -2.74. The van der Waals surface area contributed by atoms with E-state index in [0.717, 1.165) is 25.9 Å². The molecule has 2 aliphatic rings. The third kappa shape index (κ3) is 9.43. The maximum atomic E-state index is 13.0. The Morgan fingerprint density at radius 1 is 0.825 bits per heavy atom. The molecule has 4 rings (SSSR count). The van der Waals surface area contributed by atoms with Gasteiger partial charge in [-0.25, -0.2) is 4.79 Å². The zero-order valence-corrected chi connectivity index (χ0v) is 23.2. The van der Waals surface area contributed by atoms with Crippen molar-refractivity contribution < 1.29 is 35.9 Å². The molecule has 0 atom stereocenters. The first kappa shape index (κ1) is 33.5. The molecule has 4 heterocycles. The number of ether oxygens (including phenoxy) is 1. The molecule has 2 fully saturated rings. The molecular formula is C25H33ClF6N6O2. The van der Waals surface area contributed by atoms with Crippen molar-refractivity contribution in [3.05, 3.63) is 47.0 Å². The van der Waals surface area contributed by atoms with Gasteiger partial charge in [0.25, 0.3) is 0 Å². The van der Waals surface area contributed by atoms with Gasteiger partial charge in [-0.1, -0.05) is 0 Å². The van der Waals surface area contributed by atoms with Gasteiger partial charge in [-0.05, 0) is 94.6 Å². The number of likely N-dealkylation sites (tertiary alicyclic amines) is 1. The quantitative estimate of drug-likeness (QED) is 0.424. The van der Waals surface area contributed by atoms with Gasteiger partial charge in [0, 0.05) is 25.5 Å². The normalized spacial score (nSPS) is 17.4. The monoisotopic (exact) mass is 598 g/mol. The van der Waals surface area contributed by atoms with Crippen LogP contribution < -0.4 is 5.32 Å². The van der Waals surface area contributed by atoms with E-state index in [-0.39, 0.29) is 35.4 Å². The smallest absolute Gasteiger partial charge is 0.435 e. The lowest BCUT2D eigenvalue weighted by atomic mass is 9.88. The second kappa shape index (κ2) is 13.7. The van der Waals surface area contributed by atoms with Crippen molar-refractivity contribution >= 4 is 18.5 Å². The Bertz CT molecular complexity index is 1100. The van der Waals surface area contributed by atoms with Crippen molar-refractivity contribution in [2.75, 3.05) is 26.2 Å². The number of piperidine rings is 2. The third-order valence-electron chi connectivity index (χ3n) is 6.41. The highest BCUT2D eigenvalue weighted by Crippen LogP contribution is 2.38. The molecule has 0 aliphatic carbocycles. The van der Waals surface area contributed by atoms with E-state index in [1.807, 2.05) is 0 Å². The summed E-state index contributed by atoms with van der Waals surface area (Å²) in [7, 11) is 0. The van der Waals surface area contributed by atoms with E-state index in [2.05, 4.69) is 25.7 Å². The summed E-state index contributed by atoms with van der Waals surface area (Å²) in [6, 6.07) is 2.80. The summed E-state index contributed by atoms with van der Waals surface area (Å²) in [5, 5.41) is 16.3. The Balaban J connectivity index is 0.000000290. The molecule has 0 spiro atoms. The van der Waals surface area contributed by atoms with E-state index >= 15 is 0 Å². The van der Waals surface area contributed by atoms with Gasteiger partial charge in [0.1, 0.15) is 5.60 Å². The number of nitrogens with zero attached hydrogens (tertiary/aromatic N) is 5. The summed E-state index contributed by atoms with van der Waals surface area (Å²) in [6.45, 7) is 7.55. The van der Waals surface area contributed by atoms with Crippen molar-refractivity contribution in [2.45, 2.75) is 76.2 Å². The molecule has 224 valence electrons. The number of hydrogen-bond donors (Lipinski definition) is 1. The molecule has 8 nitrogen and oxygen atoms in total. The number of amides is 1. The van der Waals surface area contributed by atoms with E-state index in [9.17, 15) is 31.1 Å². The van der Waals surface area contributed by atoms with Gasteiger partial charge in [-0.2, -0.15) is 36.5 Å². The fraction of sp³-hybridized carbons (Fsp3) is 0.640. The Morgan fingerprint density at radius 2 is 1.25 bits per heavy atom. The lowest BCUT2D eigenvalue weighted by Gasteiger charge is -2.34. The van der Waals surface area contributed by atoms with Crippen LogP contribution in [0.3, 0.4) is 0 Å². The van der Waals surface area contributed by atoms with E-state index in [4.69, 9.17) is 4.74 Å². The highest BCUT2D eigenvalue weighted by Gasteiger charge is 2.39. The van der Waals surface area contributed by atoms with Crippen LogP contribution in [0, 0.1) is 0 Å². The third-order valence-corrected chi connectivity index (χ3v) is 6.41. The maximum Gasteiger partial charge on any atom is 0.435 e. The molecule has 0 radical (unpaired) electrons. The van der Waals surface area contributed by atoms with E-state index < -0.39 is 35.4 Å². The molecule has 1 amide bonds. The van der Waals surface area contributed by atoms with E-state index in [0.29, 0.717) is 25.9 Å². The molecule has 2 saturated heterocycles. The SMILES string of the molecule is CC(C)(C)OC(=O)N1CCC(c2ccnnc2C(F)(F)F)CC1.Cl.FC(F)(F)c1nnccc1C1CCNCC1. The zero-order chi connectivity index (χ0) is 28.8. The second-order valence-corrected chi connectivity index (χ2v) is 10.4. The van der Waals surface area contributed by atoms with Gasteiger partial charge < -0.3 is 15.0 Å². The number of halogens is 7. The van der Waals surface area contributed by atoms with Crippen molar-refractivity contribution in [3.8, 4) is 0 Å². The average Bonchev–Trinajstić information content (AvgIpc) is 2.88. The molecule has 0 bridgehead atoms. The predicted molar refractivity (Wildman–Crippen MR) is 136 cm³/mol. The summed E-state index contributed by atoms with van der Waals surface area (Å²) in [6.07, 6.45) is -4.46. The second-order valence-electron chi connectivity index (χ2n) is 10.4. The van der Waals surface area contributed by atoms with Crippen LogP contribution >= 0.6 is 12.4 Å². The van der Waals surface area contributed by atoms with E-state index in [1.165, 1.54) is 29.4 Å². The maximum absolute atomic E-state index is 13.0. The highest BCUT2D eigenvalue weighted by molar-refractivity contribution is 5.85. The molecule has 0 saturated carbocycles. The number of aromatic nitrogens is 4. The van der Waals surface area contributed by atoms with Gasteiger partial charge in [0.05, 0.1) is 0 Å². The highest BCUT2D eigenvalue weighted by atomic mass is 35.5. The first-order valence-electron chi connectivity index (χ1n) is 12.6. The molecule has 2 aromatic heterocycles. The number of rotatable bonds is 2. The van der Waals surface area contributed by atoms with Gasteiger partial charge in [-0.3, -0.25) is 0 Å². The number of alkyl halides is 6. The molecule has 2 aliphatic heterocycles. The minimum atomic E-state index is -4.52. The number of hydrogen-bond acceptors (Lipinski definition) is 7. The Labute approximate surface area is 234 Å². The molecule has 15 heteroatoms. The summed E-state index contributed by atoms with van der Waals surface area (Å²) in [5.74, 6) is -0.353. The lowest BCUT2D eigenvalue weighted by Crippen LogP contribution is -2.41. The zero-order valence-electron chi connectivity index (χ0n) is 22.3. The number of carbonyl (C=O) groups excluding carboxylic acids is 1. The minimum Gasteiger partial charge on any atom is -0.444 e. The summed E-state index contributed by atoms with van der Waals surface area (Å²) in [5.41, 5.74) is -1.93. The summed E-state index contributed by atoms with van der Waals surface area (Å²) < 4.78 is 82.4. The van der Waals surface area contributed by atoms with Crippen LogP contribution in [0.4, 0.5) is 31.1 Å². The van der Waals surface area contributed by atoms with Crippen molar-refractivity contribution in [1.82, 2.24) is 30.6 Å². The van der Waals surface area contributed by atoms with Crippen LogP contribution in [0.1, 0.15) is 80.8 Å². The molecule has 2 aromatic rings. The molecule has 0 aromatic carbocycles. The largest absolute Gasteiger partial charge is 0.444 e. The van der Waals surface area contributed by atoms with Gasteiger partial charge in [-0.15, -0.1) is 22.6 Å². The summed E-state index contributed by atoms with van der Waals surface area (Å²) in [4.78, 5) is 13.5. The molecule has 1 N–H and O–H groups in total. The first-order valence-corrected chi connectivity index (χ1v) is 12.6. The van der Waals surface area contributed by atoms with Gasteiger partial charge in [0.2, 0.25) is 0 Å². The van der Waals surface area contributed by atoms with Crippen molar-refractivity contribution in [1.29, 1.82) is 0 Å². The van der Waals surface area contributed by atoms with Gasteiger partial charge in [0.15, 0.2) is 11.4 Å². The van der Waals surface area contributed by atoms with E-state index in [1.54, 1.807) is 20.8 Å². The topological polar surface area (TPSA) is 93.1 Å². The molecule has 40 heavy (non-hydrogen) atoms. The lowest BCUT2D eigenvalue weighted by molar-refractivity contribution is -0.143. The van der Waals surface area contributed by atoms with Crippen LogP contribution in [-0.4, -0.2) is 63.2 Å². The van der Waals surface area contributed by atoms with Crippen molar-refractivity contribution in [2.24, 2.45) is 0 Å². The Morgan fingerprint density at radius 3 is 1.65 bits per heavy atom. The van der Waals surface area contributed by atoms with Crippen LogP contribution in [0.15, 0.2) is 24.5 Å². The standard InChI is InChI=1S/C15H20F3N3O2.C10H12F3N3.ClH/c1-14(2,3)23-13(22)21-8-5-10(6-9-21)11-4-7-19-20-12(11)15(16,17)18;11-10(12,13)9-8(3-6-15-16-9)7-1-4-14-5-2-7;/h4,7,10H,5-6,8-9H2,1-3H3;3,6-7,14H,1-2,4-5H2;1H. The van der Waals surface area contributed by atoms with Crippen LogP contribution in [0.2, 0.25) is 0 Å². The number of nitrogens with one attached hydrogen (secondary N) is 1. The average molecular weight is 599 g/mol. The molecular weight excluding hydrogens is 566 g/mol. The number of carbonyl (C=O) groups is 1. The van der Waals surface area contributed by atoms with Crippen LogP contribution in [0.5, 0.6) is 0 Å². The first-order chi connectivity index (χ1) is 18.2. The molecule has 0 unspecified atom stereocenters. The summed E-state index contributed by atoms with van der Waals surface area (Å²) >= 11 is 0. The Kier molecular flexibility index (Phi) is 11.5.